The first-order valence-electron chi connectivity index (χ1n) is 5.53. The van der Waals surface area contributed by atoms with E-state index >= 15 is 0 Å². The Morgan fingerprint density at radius 3 is 2.20 bits per heavy atom. The van der Waals surface area contributed by atoms with E-state index in [4.69, 9.17) is 5.73 Å². The van der Waals surface area contributed by atoms with Gasteiger partial charge in [0.2, 0.25) is 10.0 Å². The Labute approximate surface area is 123 Å². The Balaban J connectivity index is 3.16. The van der Waals surface area contributed by atoms with Crippen LogP contribution in [-0.4, -0.2) is 65.2 Å². The van der Waals surface area contributed by atoms with Crippen LogP contribution < -0.4 is 10.6 Å². The maximum Gasteiger partial charge on any atom is 0.249 e. The van der Waals surface area contributed by atoms with E-state index in [1.54, 1.807) is 7.05 Å². The van der Waals surface area contributed by atoms with Gasteiger partial charge in [-0.1, -0.05) is 0 Å². The highest BCUT2D eigenvalue weighted by atomic mass is 32.2. The summed E-state index contributed by atoms with van der Waals surface area (Å²) in [4.78, 5) is 1.45. The molecule has 0 saturated carbocycles. The number of nitrogens with zero attached hydrogens (tertiary/aromatic N) is 3. The average Bonchev–Trinajstić information content (AvgIpc) is 2.67. The molecule has 20 heavy (non-hydrogen) atoms. The van der Waals surface area contributed by atoms with Gasteiger partial charge in [-0.3, -0.25) is 0 Å². The van der Waals surface area contributed by atoms with Crippen LogP contribution in [0.25, 0.3) is 0 Å². The van der Waals surface area contributed by atoms with Crippen LogP contribution in [0.2, 0.25) is 0 Å². The summed E-state index contributed by atoms with van der Waals surface area (Å²) in [5.41, 5.74) is 5.63. The summed E-state index contributed by atoms with van der Waals surface area (Å²) in [7, 11) is -2.47. The number of anilines is 2. The van der Waals surface area contributed by atoms with Crippen LogP contribution in [0, 0.1) is 0 Å². The highest BCUT2D eigenvalue weighted by Gasteiger charge is 2.29. The Bertz CT molecular complexity index is 678. The van der Waals surface area contributed by atoms with Crippen LogP contribution in [0.1, 0.15) is 0 Å². The lowest BCUT2D eigenvalue weighted by atomic mass is 10.5. The molecule has 0 fully saturated rings. The predicted octanol–water partition coefficient (Wildman–Crippen LogP) is -0.544. The zero-order chi connectivity index (χ0) is 15.7. The molecule has 116 valence electrons. The average molecular weight is 342 g/mol. The molecule has 0 radical (unpaired) electrons. The SMILES string of the molecule is CN(CCS(C)(=O)=O)c1snc(N)c1S(=O)(=O)N(C)C. The van der Waals surface area contributed by atoms with Gasteiger partial charge < -0.3 is 10.6 Å². The standard InChI is InChI=1S/C9H18N4O4S3/c1-12(2)20(16,17)7-8(10)11-18-9(7)13(3)5-6-19(4,14)15/h5-6H2,1-4H3,(H2,10,11). The van der Waals surface area contributed by atoms with E-state index in [0.717, 1.165) is 22.1 Å². The minimum absolute atomic E-state index is 0.0788. The van der Waals surface area contributed by atoms with Gasteiger partial charge >= 0.3 is 0 Å². The quantitative estimate of drug-likeness (QED) is 0.738. The normalized spacial score (nSPS) is 12.8. The first-order chi connectivity index (χ1) is 8.97. The number of rotatable bonds is 6. The van der Waals surface area contributed by atoms with Gasteiger partial charge in [-0.25, -0.2) is 21.1 Å². The molecule has 8 nitrogen and oxygen atoms in total. The lowest BCUT2D eigenvalue weighted by Gasteiger charge is -2.19. The third-order valence-electron chi connectivity index (χ3n) is 2.54. The third kappa shape index (κ3) is 3.81. The second kappa shape index (κ2) is 5.84. The van der Waals surface area contributed by atoms with Crippen LogP contribution in [0.5, 0.6) is 0 Å². The van der Waals surface area contributed by atoms with Crippen LogP contribution in [0.3, 0.4) is 0 Å². The van der Waals surface area contributed by atoms with Crippen molar-refractivity contribution >= 4 is 42.2 Å². The van der Waals surface area contributed by atoms with E-state index in [1.807, 2.05) is 0 Å². The Kier molecular flexibility index (Phi) is 5.00. The maximum absolute atomic E-state index is 12.2. The number of nitrogen functional groups attached to an aromatic ring is 1. The van der Waals surface area contributed by atoms with Crippen molar-refractivity contribution in [2.75, 3.05) is 50.3 Å². The van der Waals surface area contributed by atoms with Gasteiger partial charge in [-0.15, -0.1) is 0 Å². The van der Waals surface area contributed by atoms with E-state index in [-0.39, 0.29) is 23.0 Å². The zero-order valence-corrected chi connectivity index (χ0v) is 14.1. The van der Waals surface area contributed by atoms with Crippen molar-refractivity contribution in [3.05, 3.63) is 0 Å². The molecule has 1 aromatic rings. The van der Waals surface area contributed by atoms with Gasteiger partial charge in [0.25, 0.3) is 0 Å². The number of aromatic nitrogens is 1. The van der Waals surface area contributed by atoms with E-state index in [2.05, 4.69) is 4.37 Å². The molecule has 1 rings (SSSR count). The number of nitrogens with two attached hydrogens (primary N) is 1. The molecule has 0 amide bonds. The summed E-state index contributed by atoms with van der Waals surface area (Å²) in [5.74, 6) is -0.159. The molecule has 0 aliphatic heterocycles. The molecular formula is C9H18N4O4S3. The second-order valence-electron chi connectivity index (χ2n) is 4.54. The van der Waals surface area contributed by atoms with Crippen molar-refractivity contribution < 1.29 is 16.8 Å². The molecule has 0 unspecified atom stereocenters. The fourth-order valence-corrected chi connectivity index (χ4v) is 4.19. The minimum atomic E-state index is -3.73. The summed E-state index contributed by atoms with van der Waals surface area (Å²) in [5, 5.41) is 0.333. The molecule has 11 heteroatoms. The highest BCUT2D eigenvalue weighted by Crippen LogP contribution is 2.35. The first-order valence-corrected chi connectivity index (χ1v) is 9.80. The molecule has 0 atom stereocenters. The molecule has 0 aliphatic rings. The molecule has 1 aromatic heterocycles. The number of sulfonamides is 1. The Hall–Kier alpha value is -0.910. The summed E-state index contributed by atoms with van der Waals surface area (Å²) in [6.07, 6.45) is 1.12. The molecule has 0 saturated heterocycles. The van der Waals surface area contributed by atoms with Gasteiger partial charge in [0.05, 0.1) is 5.75 Å². The predicted molar refractivity (Wildman–Crippen MR) is 80.4 cm³/mol. The minimum Gasteiger partial charge on any atom is -0.382 e. The fourth-order valence-electron chi connectivity index (χ4n) is 1.36. The van der Waals surface area contributed by atoms with Gasteiger partial charge in [0.15, 0.2) is 10.7 Å². The van der Waals surface area contributed by atoms with Gasteiger partial charge in [0.1, 0.15) is 14.8 Å². The van der Waals surface area contributed by atoms with Crippen molar-refractivity contribution in [2.24, 2.45) is 0 Å². The maximum atomic E-state index is 12.2. The van der Waals surface area contributed by atoms with Crippen molar-refractivity contribution in [3.8, 4) is 0 Å². The molecule has 2 N–H and O–H groups in total. The first kappa shape index (κ1) is 17.1. The molecule has 0 bridgehead atoms. The van der Waals surface area contributed by atoms with E-state index in [1.165, 1.54) is 19.0 Å². The number of hydrogen-bond acceptors (Lipinski definition) is 8. The largest absolute Gasteiger partial charge is 0.382 e. The summed E-state index contributed by atoms with van der Waals surface area (Å²) in [6, 6.07) is 0. The number of hydrogen-bond donors (Lipinski definition) is 1. The van der Waals surface area contributed by atoms with E-state index in [0.29, 0.717) is 5.00 Å². The zero-order valence-electron chi connectivity index (χ0n) is 11.7. The molecule has 0 spiro atoms. The Morgan fingerprint density at radius 1 is 1.20 bits per heavy atom. The smallest absolute Gasteiger partial charge is 0.249 e. The summed E-state index contributed by atoms with van der Waals surface area (Å²) >= 11 is 0.929. The van der Waals surface area contributed by atoms with Crippen molar-refractivity contribution in [2.45, 2.75) is 4.90 Å². The summed E-state index contributed by atoms with van der Waals surface area (Å²) in [6.45, 7) is 0.163. The van der Waals surface area contributed by atoms with E-state index < -0.39 is 19.9 Å². The Morgan fingerprint density at radius 2 is 1.75 bits per heavy atom. The molecule has 0 aromatic carbocycles. The van der Waals surface area contributed by atoms with Crippen LogP contribution >= 0.6 is 11.5 Å². The van der Waals surface area contributed by atoms with Crippen LogP contribution in [0.15, 0.2) is 4.90 Å². The van der Waals surface area contributed by atoms with Crippen molar-refractivity contribution in [1.29, 1.82) is 0 Å². The lowest BCUT2D eigenvalue weighted by molar-refractivity contribution is 0.521. The monoisotopic (exact) mass is 342 g/mol. The topological polar surface area (TPSA) is 114 Å². The summed E-state index contributed by atoms with van der Waals surface area (Å²) < 4.78 is 51.7. The highest BCUT2D eigenvalue weighted by molar-refractivity contribution is 7.90. The van der Waals surface area contributed by atoms with Gasteiger partial charge in [-0.2, -0.15) is 4.37 Å². The van der Waals surface area contributed by atoms with Crippen molar-refractivity contribution in [1.82, 2.24) is 8.68 Å². The van der Waals surface area contributed by atoms with E-state index in [9.17, 15) is 16.8 Å². The van der Waals surface area contributed by atoms with Crippen LogP contribution in [0.4, 0.5) is 10.8 Å². The van der Waals surface area contributed by atoms with Crippen LogP contribution in [-0.2, 0) is 19.9 Å². The fraction of sp³-hybridized carbons (Fsp3) is 0.667. The molecule has 1 heterocycles. The second-order valence-corrected chi connectivity index (χ2v) is 9.64. The third-order valence-corrected chi connectivity index (χ3v) is 6.45. The van der Waals surface area contributed by atoms with Gasteiger partial charge in [-0.05, 0) is 11.5 Å². The van der Waals surface area contributed by atoms with Gasteiger partial charge in [0, 0.05) is 33.9 Å². The lowest BCUT2D eigenvalue weighted by Crippen LogP contribution is -2.28. The van der Waals surface area contributed by atoms with Crippen molar-refractivity contribution in [3.63, 3.8) is 0 Å². The number of sulfone groups is 1. The molecular weight excluding hydrogens is 324 g/mol. The molecule has 0 aliphatic carbocycles.